The minimum atomic E-state index is -1.09. The molecule has 0 bridgehead atoms. The van der Waals surface area contributed by atoms with E-state index in [0.717, 1.165) is 0 Å². The molecule has 1 aliphatic rings. The van der Waals surface area contributed by atoms with E-state index in [0.29, 0.717) is 18.7 Å². The van der Waals surface area contributed by atoms with Crippen molar-refractivity contribution in [1.82, 2.24) is 4.90 Å². The number of carbonyl (C=O) groups excluding carboxylic acids is 2. The second-order valence-corrected chi connectivity index (χ2v) is 4.63. The average Bonchev–Trinajstić information content (AvgIpc) is 2.70. The molecule has 2 atom stereocenters. The lowest BCUT2D eigenvalue weighted by Crippen LogP contribution is -2.42. The molecule has 0 saturated carbocycles. The summed E-state index contributed by atoms with van der Waals surface area (Å²) < 4.78 is 4.46. The number of rotatable bonds is 6. The number of amides is 1. The maximum atomic E-state index is 11.7. The first-order valence-electron chi connectivity index (χ1n) is 5.69. The predicted octanol–water partition coefficient (Wildman–Crippen LogP) is 0.171. The number of ether oxygens (including phenoxy) is 1. The highest BCUT2D eigenvalue weighted by molar-refractivity contribution is 7.80. The molecule has 1 amide bonds. The third-order valence-corrected chi connectivity index (χ3v) is 3.52. The van der Waals surface area contributed by atoms with E-state index < -0.39 is 18.0 Å². The Morgan fingerprint density at radius 3 is 2.72 bits per heavy atom. The van der Waals surface area contributed by atoms with Crippen molar-refractivity contribution in [2.45, 2.75) is 25.3 Å². The molecule has 18 heavy (non-hydrogen) atoms. The minimum absolute atomic E-state index is 0.0111. The number of carboxylic acid groups (broad SMARTS) is 1. The van der Waals surface area contributed by atoms with Crippen molar-refractivity contribution in [3.63, 3.8) is 0 Å². The van der Waals surface area contributed by atoms with Crippen LogP contribution in [0.2, 0.25) is 0 Å². The van der Waals surface area contributed by atoms with Gasteiger partial charge >= 0.3 is 11.9 Å². The lowest BCUT2D eigenvalue weighted by atomic mass is 10.1. The Morgan fingerprint density at radius 2 is 2.28 bits per heavy atom. The van der Waals surface area contributed by atoms with Crippen molar-refractivity contribution in [3.8, 4) is 0 Å². The van der Waals surface area contributed by atoms with Crippen molar-refractivity contribution in [2.75, 3.05) is 19.4 Å². The number of nitrogens with zero attached hydrogens (tertiary/aromatic N) is 1. The number of esters is 1. The summed E-state index contributed by atoms with van der Waals surface area (Å²) in [6.45, 7) is 0.389. The molecule has 0 aromatic rings. The number of aliphatic carboxylic acids is 1. The molecule has 0 spiro atoms. The van der Waals surface area contributed by atoms with Gasteiger partial charge in [0.15, 0.2) is 0 Å². The zero-order valence-electron chi connectivity index (χ0n) is 10.2. The summed E-state index contributed by atoms with van der Waals surface area (Å²) in [6.07, 6.45) is 0.390. The van der Waals surface area contributed by atoms with Gasteiger partial charge in [0.1, 0.15) is 6.04 Å². The highest BCUT2D eigenvalue weighted by Gasteiger charge is 2.37. The maximum Gasteiger partial charge on any atom is 0.326 e. The van der Waals surface area contributed by atoms with E-state index in [-0.39, 0.29) is 24.7 Å². The van der Waals surface area contributed by atoms with Crippen LogP contribution in [0.3, 0.4) is 0 Å². The van der Waals surface area contributed by atoms with Crippen LogP contribution in [0.25, 0.3) is 0 Å². The molecule has 6 nitrogen and oxygen atoms in total. The molecular weight excluding hydrogens is 258 g/mol. The number of methoxy groups -OCH3 is 1. The lowest BCUT2D eigenvalue weighted by molar-refractivity contribution is -0.149. The van der Waals surface area contributed by atoms with Crippen LogP contribution in [0.5, 0.6) is 0 Å². The molecule has 7 heteroatoms. The van der Waals surface area contributed by atoms with Gasteiger partial charge in [0.2, 0.25) is 5.91 Å². The standard InChI is InChI=1S/C11H17NO5S/c1-17-10(14)3-2-8(11(15)16)12-5-7(6-18)4-9(12)13/h7-8,18H,2-6H2,1H3,(H,15,16)/t7?,8-/m0/s1. The van der Waals surface area contributed by atoms with Gasteiger partial charge in [0, 0.05) is 19.4 Å². The zero-order chi connectivity index (χ0) is 13.7. The van der Waals surface area contributed by atoms with E-state index in [1.165, 1.54) is 12.0 Å². The van der Waals surface area contributed by atoms with Crippen molar-refractivity contribution < 1.29 is 24.2 Å². The molecule has 1 N–H and O–H groups in total. The van der Waals surface area contributed by atoms with Crippen molar-refractivity contribution in [2.24, 2.45) is 5.92 Å². The molecule has 0 aliphatic carbocycles. The highest BCUT2D eigenvalue weighted by Crippen LogP contribution is 2.23. The highest BCUT2D eigenvalue weighted by atomic mass is 32.1. The molecular formula is C11H17NO5S. The van der Waals surface area contributed by atoms with Crippen LogP contribution < -0.4 is 0 Å². The van der Waals surface area contributed by atoms with Crippen molar-refractivity contribution in [3.05, 3.63) is 0 Å². The summed E-state index contributed by atoms with van der Waals surface area (Å²) >= 11 is 4.12. The number of carboxylic acids is 1. The van der Waals surface area contributed by atoms with Crippen molar-refractivity contribution >= 4 is 30.5 Å². The first kappa shape index (κ1) is 14.8. The molecule has 1 unspecified atom stereocenters. The summed E-state index contributed by atoms with van der Waals surface area (Å²) in [4.78, 5) is 35.2. The number of hydrogen-bond acceptors (Lipinski definition) is 5. The molecule has 1 rings (SSSR count). The molecule has 0 radical (unpaired) electrons. The van der Waals surface area contributed by atoms with E-state index in [2.05, 4.69) is 17.4 Å². The second-order valence-electron chi connectivity index (χ2n) is 4.27. The van der Waals surface area contributed by atoms with Crippen LogP contribution in [0.15, 0.2) is 0 Å². The second kappa shape index (κ2) is 6.63. The van der Waals surface area contributed by atoms with E-state index in [9.17, 15) is 14.4 Å². The molecule has 1 fully saturated rings. The lowest BCUT2D eigenvalue weighted by Gasteiger charge is -2.24. The number of likely N-dealkylation sites (tertiary alicyclic amines) is 1. The molecule has 1 aliphatic heterocycles. The maximum absolute atomic E-state index is 11.7. The SMILES string of the molecule is COC(=O)CC[C@@H](C(=O)O)N1CC(CS)CC1=O. The molecule has 1 saturated heterocycles. The topological polar surface area (TPSA) is 83.9 Å². The summed E-state index contributed by atoms with van der Waals surface area (Å²) in [6, 6.07) is -0.957. The number of thiol groups is 1. The normalized spacial score (nSPS) is 20.9. The Labute approximate surface area is 111 Å². The molecule has 0 aromatic heterocycles. The Morgan fingerprint density at radius 1 is 1.61 bits per heavy atom. The first-order valence-corrected chi connectivity index (χ1v) is 6.32. The quantitative estimate of drug-likeness (QED) is 0.533. The van der Waals surface area contributed by atoms with Crippen LogP contribution in [0.4, 0.5) is 0 Å². The first-order chi connectivity index (χ1) is 8.49. The monoisotopic (exact) mass is 275 g/mol. The third kappa shape index (κ3) is 3.63. The van der Waals surface area contributed by atoms with Gasteiger partial charge < -0.3 is 14.7 Å². The van der Waals surface area contributed by atoms with Crippen LogP contribution in [-0.2, 0) is 19.1 Å². The summed E-state index contributed by atoms with van der Waals surface area (Å²) in [7, 11) is 1.25. The molecule has 102 valence electrons. The van der Waals surface area contributed by atoms with Gasteiger partial charge in [-0.1, -0.05) is 0 Å². The van der Waals surface area contributed by atoms with Crippen LogP contribution in [0, 0.1) is 5.92 Å². The Kier molecular flexibility index (Phi) is 5.46. The van der Waals surface area contributed by atoms with Crippen LogP contribution in [-0.4, -0.2) is 53.3 Å². The van der Waals surface area contributed by atoms with E-state index in [1.807, 2.05) is 0 Å². The Bertz CT molecular complexity index is 346. The summed E-state index contributed by atoms with van der Waals surface area (Å²) in [5.74, 6) is -1.12. The van der Waals surface area contributed by atoms with Gasteiger partial charge in [-0.05, 0) is 18.1 Å². The minimum Gasteiger partial charge on any atom is -0.480 e. The van der Waals surface area contributed by atoms with Gasteiger partial charge in [-0.25, -0.2) is 4.79 Å². The van der Waals surface area contributed by atoms with E-state index in [4.69, 9.17) is 5.11 Å². The van der Waals surface area contributed by atoms with Gasteiger partial charge in [0.05, 0.1) is 7.11 Å². The Balaban J connectivity index is 2.65. The fourth-order valence-corrected chi connectivity index (χ4v) is 2.25. The van der Waals surface area contributed by atoms with Gasteiger partial charge in [0.25, 0.3) is 0 Å². The fourth-order valence-electron chi connectivity index (χ4n) is 2.00. The third-order valence-electron chi connectivity index (χ3n) is 3.01. The largest absolute Gasteiger partial charge is 0.480 e. The predicted molar refractivity (Wildman–Crippen MR) is 66.3 cm³/mol. The average molecular weight is 275 g/mol. The molecule has 0 aromatic carbocycles. The van der Waals surface area contributed by atoms with Crippen molar-refractivity contribution in [1.29, 1.82) is 0 Å². The van der Waals surface area contributed by atoms with Gasteiger partial charge in [-0.2, -0.15) is 12.6 Å². The van der Waals surface area contributed by atoms with Gasteiger partial charge in [-0.15, -0.1) is 0 Å². The Hall–Kier alpha value is -1.24. The fraction of sp³-hybridized carbons (Fsp3) is 0.727. The zero-order valence-corrected chi connectivity index (χ0v) is 11.1. The van der Waals surface area contributed by atoms with Gasteiger partial charge in [-0.3, -0.25) is 9.59 Å². The summed E-state index contributed by atoms with van der Waals surface area (Å²) in [5, 5.41) is 9.13. The van der Waals surface area contributed by atoms with E-state index >= 15 is 0 Å². The number of hydrogen-bond donors (Lipinski definition) is 2. The van der Waals surface area contributed by atoms with E-state index in [1.54, 1.807) is 0 Å². The molecule has 1 heterocycles. The van der Waals surface area contributed by atoms with Crippen LogP contribution >= 0.6 is 12.6 Å². The number of carbonyl (C=O) groups is 3. The summed E-state index contributed by atoms with van der Waals surface area (Å²) in [5.41, 5.74) is 0. The van der Waals surface area contributed by atoms with Crippen LogP contribution in [0.1, 0.15) is 19.3 Å². The smallest absolute Gasteiger partial charge is 0.326 e.